The highest BCUT2D eigenvalue weighted by Crippen LogP contribution is 2.26. The van der Waals surface area contributed by atoms with Crippen molar-refractivity contribution < 1.29 is 4.79 Å². The molecular formula is C23H35N3O. The molecule has 3 aliphatic heterocycles. The van der Waals surface area contributed by atoms with Gasteiger partial charge in [-0.15, -0.1) is 0 Å². The van der Waals surface area contributed by atoms with Crippen LogP contribution >= 0.6 is 0 Å². The molecule has 4 rings (SSSR count). The second-order valence-electron chi connectivity index (χ2n) is 8.80. The number of nitrogens with zero attached hydrogens (tertiary/aromatic N) is 3. The lowest BCUT2D eigenvalue weighted by Crippen LogP contribution is -2.51. The Hall–Kier alpha value is -1.39. The van der Waals surface area contributed by atoms with Gasteiger partial charge in [-0.05, 0) is 76.2 Å². The monoisotopic (exact) mass is 369 g/mol. The fourth-order valence-corrected chi connectivity index (χ4v) is 5.21. The molecule has 1 aromatic carbocycles. The number of hydrogen-bond donors (Lipinski definition) is 0. The van der Waals surface area contributed by atoms with Crippen LogP contribution in [0, 0.1) is 12.8 Å². The first-order valence-electron chi connectivity index (χ1n) is 11.0. The van der Waals surface area contributed by atoms with Gasteiger partial charge < -0.3 is 4.90 Å². The Morgan fingerprint density at radius 3 is 2.44 bits per heavy atom. The van der Waals surface area contributed by atoms with Gasteiger partial charge >= 0.3 is 0 Å². The first kappa shape index (κ1) is 18.9. The highest BCUT2D eigenvalue weighted by molar-refractivity contribution is 5.79. The Balaban J connectivity index is 1.27. The Morgan fingerprint density at radius 2 is 1.70 bits per heavy atom. The van der Waals surface area contributed by atoms with Gasteiger partial charge in [0, 0.05) is 32.2 Å². The number of hydrogen-bond acceptors (Lipinski definition) is 3. The summed E-state index contributed by atoms with van der Waals surface area (Å²) in [4.78, 5) is 20.2. The standard InChI is InChI=1S/C23H35N3O/c1-19-7-2-3-8-20(19)17-24-15-10-22(11-16-24)26-14-6-9-21(18-26)23(27)25-12-4-5-13-25/h2-3,7-8,21-22H,4-6,9-18H2,1H3/t21-/m0/s1. The molecule has 4 heteroatoms. The summed E-state index contributed by atoms with van der Waals surface area (Å²) in [5.74, 6) is 0.691. The maximum Gasteiger partial charge on any atom is 0.226 e. The van der Waals surface area contributed by atoms with Gasteiger partial charge in [0.05, 0.1) is 5.92 Å². The third-order valence-corrected chi connectivity index (χ3v) is 6.95. The molecule has 0 saturated carbocycles. The molecule has 0 aliphatic carbocycles. The van der Waals surface area contributed by atoms with Gasteiger partial charge in [-0.3, -0.25) is 14.6 Å². The molecule has 1 amide bonds. The second kappa shape index (κ2) is 8.74. The largest absolute Gasteiger partial charge is 0.342 e. The van der Waals surface area contributed by atoms with Crippen LogP contribution in [0.5, 0.6) is 0 Å². The molecule has 4 nitrogen and oxygen atoms in total. The van der Waals surface area contributed by atoms with Crippen molar-refractivity contribution in [3.8, 4) is 0 Å². The van der Waals surface area contributed by atoms with Crippen LogP contribution in [0.15, 0.2) is 24.3 Å². The Bertz CT molecular complexity index is 632. The third-order valence-electron chi connectivity index (χ3n) is 6.95. The highest BCUT2D eigenvalue weighted by Gasteiger charge is 2.34. The van der Waals surface area contributed by atoms with Gasteiger partial charge in [0.25, 0.3) is 0 Å². The molecule has 0 N–H and O–H groups in total. The molecule has 3 saturated heterocycles. The van der Waals surface area contributed by atoms with E-state index in [1.807, 2.05) is 0 Å². The summed E-state index contributed by atoms with van der Waals surface area (Å²) in [6.07, 6.45) is 7.17. The summed E-state index contributed by atoms with van der Waals surface area (Å²) in [5, 5.41) is 0. The molecular weight excluding hydrogens is 334 g/mol. The van der Waals surface area contributed by atoms with Crippen molar-refractivity contribution in [1.82, 2.24) is 14.7 Å². The number of rotatable bonds is 4. The number of likely N-dealkylation sites (tertiary alicyclic amines) is 3. The zero-order valence-electron chi connectivity index (χ0n) is 16.9. The van der Waals surface area contributed by atoms with Crippen molar-refractivity contribution >= 4 is 5.91 Å². The smallest absolute Gasteiger partial charge is 0.226 e. The van der Waals surface area contributed by atoms with Crippen LogP contribution < -0.4 is 0 Å². The van der Waals surface area contributed by atoms with Crippen LogP contribution in [0.2, 0.25) is 0 Å². The molecule has 27 heavy (non-hydrogen) atoms. The van der Waals surface area contributed by atoms with E-state index in [-0.39, 0.29) is 5.92 Å². The van der Waals surface area contributed by atoms with Crippen LogP contribution in [0.25, 0.3) is 0 Å². The van der Waals surface area contributed by atoms with E-state index in [1.165, 1.54) is 62.9 Å². The zero-order chi connectivity index (χ0) is 18.6. The quantitative estimate of drug-likeness (QED) is 0.815. The van der Waals surface area contributed by atoms with Crippen LogP contribution in [0.1, 0.15) is 49.7 Å². The third kappa shape index (κ3) is 4.55. The molecule has 0 spiro atoms. The minimum absolute atomic E-state index is 0.252. The van der Waals surface area contributed by atoms with Crippen molar-refractivity contribution in [3.05, 3.63) is 35.4 Å². The van der Waals surface area contributed by atoms with E-state index in [2.05, 4.69) is 45.9 Å². The Kier molecular flexibility index (Phi) is 6.14. The van der Waals surface area contributed by atoms with E-state index < -0.39 is 0 Å². The lowest BCUT2D eigenvalue weighted by atomic mass is 9.92. The second-order valence-corrected chi connectivity index (χ2v) is 8.80. The maximum atomic E-state index is 12.8. The summed E-state index contributed by atoms with van der Waals surface area (Å²) in [5.41, 5.74) is 2.86. The van der Waals surface area contributed by atoms with Crippen molar-refractivity contribution in [3.63, 3.8) is 0 Å². The summed E-state index contributed by atoms with van der Waals surface area (Å²) >= 11 is 0. The molecule has 0 radical (unpaired) electrons. The number of carbonyl (C=O) groups excluding carboxylic acids is 1. The van der Waals surface area contributed by atoms with Gasteiger partial charge in [0.1, 0.15) is 0 Å². The molecule has 1 atom stereocenters. The minimum Gasteiger partial charge on any atom is -0.342 e. The summed E-state index contributed by atoms with van der Waals surface area (Å²) in [6, 6.07) is 9.43. The lowest BCUT2D eigenvalue weighted by Gasteiger charge is -2.42. The van der Waals surface area contributed by atoms with Crippen molar-refractivity contribution in [2.24, 2.45) is 5.92 Å². The zero-order valence-corrected chi connectivity index (χ0v) is 16.9. The molecule has 3 heterocycles. The maximum absolute atomic E-state index is 12.8. The Labute approximate surface area is 164 Å². The minimum atomic E-state index is 0.252. The van der Waals surface area contributed by atoms with Gasteiger partial charge in [-0.25, -0.2) is 0 Å². The number of benzene rings is 1. The molecule has 3 aliphatic rings. The summed E-state index contributed by atoms with van der Waals surface area (Å²) in [7, 11) is 0. The highest BCUT2D eigenvalue weighted by atomic mass is 16.2. The van der Waals surface area contributed by atoms with Gasteiger partial charge in [-0.1, -0.05) is 24.3 Å². The van der Waals surface area contributed by atoms with E-state index in [9.17, 15) is 4.79 Å². The van der Waals surface area contributed by atoms with Gasteiger partial charge in [0.2, 0.25) is 5.91 Å². The molecule has 1 aromatic rings. The predicted octanol–water partition coefficient (Wildman–Crippen LogP) is 3.29. The average molecular weight is 370 g/mol. The van der Waals surface area contributed by atoms with E-state index in [0.29, 0.717) is 11.9 Å². The summed E-state index contributed by atoms with van der Waals surface area (Å²) in [6.45, 7) is 9.83. The number of amides is 1. The van der Waals surface area contributed by atoms with E-state index in [0.717, 1.165) is 32.6 Å². The first-order chi connectivity index (χ1) is 13.2. The normalized spacial score (nSPS) is 25.8. The van der Waals surface area contributed by atoms with Crippen LogP contribution in [0.4, 0.5) is 0 Å². The van der Waals surface area contributed by atoms with Gasteiger partial charge in [0.15, 0.2) is 0 Å². The topological polar surface area (TPSA) is 26.8 Å². The predicted molar refractivity (Wildman–Crippen MR) is 110 cm³/mol. The molecule has 0 aromatic heterocycles. The first-order valence-corrected chi connectivity index (χ1v) is 11.0. The van der Waals surface area contributed by atoms with E-state index >= 15 is 0 Å². The summed E-state index contributed by atoms with van der Waals surface area (Å²) < 4.78 is 0. The average Bonchev–Trinajstić information content (AvgIpc) is 3.25. The molecule has 0 bridgehead atoms. The van der Waals surface area contributed by atoms with E-state index in [4.69, 9.17) is 0 Å². The van der Waals surface area contributed by atoms with E-state index in [1.54, 1.807) is 0 Å². The van der Waals surface area contributed by atoms with Crippen molar-refractivity contribution in [2.75, 3.05) is 39.3 Å². The number of piperidine rings is 2. The van der Waals surface area contributed by atoms with Crippen LogP contribution in [-0.4, -0.2) is 65.9 Å². The fraction of sp³-hybridized carbons (Fsp3) is 0.696. The van der Waals surface area contributed by atoms with Crippen molar-refractivity contribution in [2.45, 2.75) is 58.0 Å². The molecule has 0 unspecified atom stereocenters. The molecule has 3 fully saturated rings. The van der Waals surface area contributed by atoms with Crippen LogP contribution in [-0.2, 0) is 11.3 Å². The molecule has 148 valence electrons. The fourth-order valence-electron chi connectivity index (χ4n) is 5.21. The Morgan fingerprint density at radius 1 is 0.963 bits per heavy atom. The van der Waals surface area contributed by atoms with Crippen LogP contribution in [0.3, 0.4) is 0 Å². The van der Waals surface area contributed by atoms with Crippen molar-refractivity contribution in [1.29, 1.82) is 0 Å². The number of aryl methyl sites for hydroxylation is 1. The lowest BCUT2D eigenvalue weighted by molar-refractivity contribution is -0.136. The van der Waals surface area contributed by atoms with Gasteiger partial charge in [-0.2, -0.15) is 0 Å². The SMILES string of the molecule is Cc1ccccc1CN1CCC(N2CCC[C@H](C(=O)N3CCCC3)C2)CC1. The number of carbonyl (C=O) groups is 1.